The molecule has 0 unspecified atom stereocenters. The van der Waals surface area contributed by atoms with Crippen molar-refractivity contribution in [2.75, 3.05) is 32.0 Å². The first-order valence-corrected chi connectivity index (χ1v) is 12.3. The molecule has 30 heavy (non-hydrogen) atoms. The van der Waals surface area contributed by atoms with Gasteiger partial charge in [-0.1, -0.05) is 6.07 Å². The second-order valence-electron chi connectivity index (χ2n) is 7.76. The molecule has 1 aliphatic rings. The molecule has 9 heteroatoms. The predicted molar refractivity (Wildman–Crippen MR) is 119 cm³/mol. The predicted octanol–water partition coefficient (Wildman–Crippen LogP) is 3.18. The van der Waals surface area contributed by atoms with Gasteiger partial charge in [-0.3, -0.25) is 9.69 Å². The van der Waals surface area contributed by atoms with Crippen molar-refractivity contribution in [1.82, 2.24) is 9.21 Å². The van der Waals surface area contributed by atoms with Crippen LogP contribution in [0.5, 0.6) is 0 Å². The summed E-state index contributed by atoms with van der Waals surface area (Å²) < 4.78 is 32.9. The minimum Gasteiger partial charge on any atom is -0.373 e. The molecule has 3 atom stereocenters. The second kappa shape index (κ2) is 9.57. The average Bonchev–Trinajstić information content (AvgIpc) is 3.21. The number of anilines is 1. The van der Waals surface area contributed by atoms with E-state index in [0.29, 0.717) is 18.8 Å². The number of sulfonamides is 1. The van der Waals surface area contributed by atoms with Crippen molar-refractivity contribution in [2.24, 2.45) is 0 Å². The van der Waals surface area contributed by atoms with Crippen molar-refractivity contribution in [1.29, 1.82) is 0 Å². The van der Waals surface area contributed by atoms with Gasteiger partial charge in [-0.05, 0) is 63.5 Å². The summed E-state index contributed by atoms with van der Waals surface area (Å²) in [6.07, 6.45) is -0.286. The van der Waals surface area contributed by atoms with E-state index in [2.05, 4.69) is 18.3 Å². The van der Waals surface area contributed by atoms with Gasteiger partial charge in [0.15, 0.2) is 0 Å². The summed E-state index contributed by atoms with van der Waals surface area (Å²) in [7, 11) is -1.69. The van der Waals surface area contributed by atoms with E-state index in [9.17, 15) is 13.2 Å². The molecule has 2 heterocycles. The average molecular weight is 452 g/mol. The van der Waals surface area contributed by atoms with Gasteiger partial charge in [0.2, 0.25) is 15.9 Å². The molecule has 1 amide bonds. The summed E-state index contributed by atoms with van der Waals surface area (Å²) >= 11 is 1.66. The first kappa shape index (κ1) is 22.9. The van der Waals surface area contributed by atoms with Gasteiger partial charge in [0, 0.05) is 29.7 Å². The molecule has 1 fully saturated rings. The Balaban J connectivity index is 1.60. The molecule has 2 aromatic rings. The van der Waals surface area contributed by atoms with Crippen LogP contribution in [0.2, 0.25) is 0 Å². The molecule has 1 aliphatic heterocycles. The standard InChI is InChI=1S/C21H29N3O4S2/c1-15-12-24(13-16(2)28-15)30(26,27)19-9-7-18(8-10-19)22-21(25)14-23(4)17(3)20-6-5-11-29-20/h5-11,15-17H,12-14H2,1-4H3,(H,22,25)/t15-,16-,17-/m0/s1. The highest BCUT2D eigenvalue weighted by Gasteiger charge is 2.32. The van der Waals surface area contributed by atoms with Crippen molar-refractivity contribution in [3.8, 4) is 0 Å². The Morgan fingerprint density at radius 1 is 1.23 bits per heavy atom. The summed E-state index contributed by atoms with van der Waals surface area (Å²) in [4.78, 5) is 15.8. The number of hydrogen-bond donors (Lipinski definition) is 1. The maximum absolute atomic E-state index is 12.9. The zero-order chi connectivity index (χ0) is 21.9. The van der Waals surface area contributed by atoms with Crippen LogP contribution >= 0.6 is 11.3 Å². The Labute approximate surface area is 182 Å². The van der Waals surface area contributed by atoms with Crippen molar-refractivity contribution in [3.05, 3.63) is 46.7 Å². The largest absolute Gasteiger partial charge is 0.373 e. The minimum atomic E-state index is -3.59. The fraction of sp³-hybridized carbons (Fsp3) is 0.476. The Hall–Kier alpha value is -1.78. The third kappa shape index (κ3) is 5.47. The quantitative estimate of drug-likeness (QED) is 0.700. The zero-order valence-corrected chi connectivity index (χ0v) is 19.4. The number of carbonyl (C=O) groups excluding carboxylic acids is 1. The van der Waals surface area contributed by atoms with Crippen LogP contribution < -0.4 is 5.32 Å². The molecule has 1 aromatic carbocycles. The summed E-state index contributed by atoms with van der Waals surface area (Å²) in [5, 5.41) is 4.86. The lowest BCUT2D eigenvalue weighted by Gasteiger charge is -2.34. The Kier molecular flexibility index (Phi) is 7.30. The van der Waals surface area contributed by atoms with E-state index in [0.717, 1.165) is 0 Å². The number of rotatable bonds is 7. The van der Waals surface area contributed by atoms with Gasteiger partial charge in [-0.15, -0.1) is 11.3 Å². The molecule has 1 aromatic heterocycles. The Morgan fingerprint density at radius 3 is 2.43 bits per heavy atom. The van der Waals surface area contributed by atoms with Crippen molar-refractivity contribution < 1.29 is 17.9 Å². The topological polar surface area (TPSA) is 79.0 Å². The van der Waals surface area contributed by atoms with E-state index in [1.165, 1.54) is 21.3 Å². The zero-order valence-electron chi connectivity index (χ0n) is 17.7. The number of thiophene rings is 1. The third-order valence-corrected chi connectivity index (χ3v) is 8.06. The Bertz CT molecular complexity index is 935. The highest BCUT2D eigenvalue weighted by molar-refractivity contribution is 7.89. The van der Waals surface area contributed by atoms with Crippen molar-refractivity contribution in [2.45, 2.75) is 43.9 Å². The molecule has 0 bridgehead atoms. The fourth-order valence-electron chi connectivity index (χ4n) is 3.50. The van der Waals surface area contributed by atoms with Crippen molar-refractivity contribution in [3.63, 3.8) is 0 Å². The van der Waals surface area contributed by atoms with Crippen LogP contribution in [0.3, 0.4) is 0 Å². The highest BCUT2D eigenvalue weighted by Crippen LogP contribution is 2.24. The van der Waals surface area contributed by atoms with E-state index >= 15 is 0 Å². The second-order valence-corrected chi connectivity index (χ2v) is 10.7. The van der Waals surface area contributed by atoms with Crippen LogP contribution in [-0.4, -0.2) is 62.4 Å². The normalized spacial score (nSPS) is 21.5. The maximum atomic E-state index is 12.9. The molecular weight excluding hydrogens is 422 g/mol. The number of carbonyl (C=O) groups is 1. The van der Waals surface area contributed by atoms with Gasteiger partial charge in [0.25, 0.3) is 0 Å². The molecule has 0 radical (unpaired) electrons. The molecule has 1 saturated heterocycles. The van der Waals surface area contributed by atoms with Gasteiger partial charge in [-0.2, -0.15) is 4.31 Å². The first-order chi connectivity index (χ1) is 14.2. The summed E-state index contributed by atoms with van der Waals surface area (Å²) in [6, 6.07) is 10.5. The molecular formula is C21H29N3O4S2. The number of likely N-dealkylation sites (N-methyl/N-ethyl adjacent to an activating group) is 1. The molecule has 7 nitrogen and oxygen atoms in total. The maximum Gasteiger partial charge on any atom is 0.243 e. The van der Waals surface area contributed by atoms with Crippen LogP contribution in [-0.2, 0) is 19.6 Å². The minimum absolute atomic E-state index is 0.140. The number of nitrogens with one attached hydrogen (secondary N) is 1. The van der Waals surface area contributed by atoms with Crippen LogP contribution in [0.4, 0.5) is 5.69 Å². The summed E-state index contributed by atoms with van der Waals surface area (Å²) in [5.41, 5.74) is 0.569. The van der Waals surface area contributed by atoms with Crippen molar-refractivity contribution >= 4 is 33.0 Å². The van der Waals surface area contributed by atoms with E-state index in [-0.39, 0.29) is 35.6 Å². The fourth-order valence-corrected chi connectivity index (χ4v) is 5.94. The first-order valence-electron chi connectivity index (χ1n) is 9.96. The molecule has 0 saturated carbocycles. The van der Waals surface area contributed by atoms with Gasteiger partial charge in [-0.25, -0.2) is 8.42 Å². The van der Waals surface area contributed by atoms with Crippen LogP contribution in [0.25, 0.3) is 0 Å². The third-order valence-electron chi connectivity index (χ3n) is 5.17. The number of amides is 1. The Morgan fingerprint density at radius 2 is 1.87 bits per heavy atom. The smallest absolute Gasteiger partial charge is 0.243 e. The van der Waals surface area contributed by atoms with Gasteiger partial charge < -0.3 is 10.1 Å². The molecule has 3 rings (SSSR count). The number of ether oxygens (including phenoxy) is 1. The van der Waals surface area contributed by atoms with Gasteiger partial charge >= 0.3 is 0 Å². The van der Waals surface area contributed by atoms with Gasteiger partial charge in [0.05, 0.1) is 23.6 Å². The lowest BCUT2D eigenvalue weighted by Crippen LogP contribution is -2.48. The van der Waals surface area contributed by atoms with E-state index < -0.39 is 10.0 Å². The summed E-state index contributed by atoms with van der Waals surface area (Å²) in [5.74, 6) is -0.146. The number of nitrogens with zero attached hydrogens (tertiary/aromatic N) is 2. The lowest BCUT2D eigenvalue weighted by molar-refractivity contribution is -0.117. The number of benzene rings is 1. The van der Waals surface area contributed by atoms with E-state index in [1.807, 2.05) is 37.2 Å². The van der Waals surface area contributed by atoms with Gasteiger partial charge in [0.1, 0.15) is 0 Å². The van der Waals surface area contributed by atoms with E-state index in [1.54, 1.807) is 23.5 Å². The molecule has 164 valence electrons. The monoisotopic (exact) mass is 451 g/mol. The van der Waals surface area contributed by atoms with E-state index in [4.69, 9.17) is 4.74 Å². The lowest BCUT2D eigenvalue weighted by atomic mass is 10.2. The molecule has 1 N–H and O–H groups in total. The summed E-state index contributed by atoms with van der Waals surface area (Å²) in [6.45, 7) is 6.70. The highest BCUT2D eigenvalue weighted by atomic mass is 32.2. The number of hydrogen-bond acceptors (Lipinski definition) is 6. The SMILES string of the molecule is C[C@H]1CN(S(=O)(=O)c2ccc(NC(=O)CN(C)[C@@H](C)c3cccs3)cc2)C[C@H](C)O1. The van der Waals surface area contributed by atoms with Crippen LogP contribution in [0.15, 0.2) is 46.7 Å². The molecule has 0 aliphatic carbocycles. The van der Waals surface area contributed by atoms with Crippen LogP contribution in [0.1, 0.15) is 31.7 Å². The number of morpholine rings is 1. The molecule has 0 spiro atoms. The van der Waals surface area contributed by atoms with Crippen LogP contribution in [0, 0.1) is 0 Å².